The number of aromatic nitrogens is 1. The van der Waals surface area contributed by atoms with Crippen molar-refractivity contribution in [3.63, 3.8) is 0 Å². The number of ketones is 1. The van der Waals surface area contributed by atoms with Crippen molar-refractivity contribution in [3.8, 4) is 5.75 Å². The molecule has 2 aliphatic rings. The molecule has 1 aromatic heterocycles. The number of nitrogens with zero attached hydrogens (tertiary/aromatic N) is 3. The van der Waals surface area contributed by atoms with E-state index in [1.54, 1.807) is 62.2 Å². The summed E-state index contributed by atoms with van der Waals surface area (Å²) in [7, 11) is 1.52. The van der Waals surface area contributed by atoms with Crippen LogP contribution < -0.4 is 10.1 Å². The third-order valence-corrected chi connectivity index (χ3v) is 11.0. The largest absolute Gasteiger partial charge is 0.491 e. The molecule has 1 aliphatic carbocycles. The number of rotatable bonds is 24. The van der Waals surface area contributed by atoms with E-state index in [0.717, 1.165) is 38.5 Å². The number of hydrogen-bond acceptors (Lipinski definition) is 13. The summed E-state index contributed by atoms with van der Waals surface area (Å²) in [5.74, 6) is -1.24. The van der Waals surface area contributed by atoms with Crippen molar-refractivity contribution < 1.29 is 57.5 Å². The van der Waals surface area contributed by atoms with Crippen molar-refractivity contribution in [3.05, 3.63) is 45.9 Å². The van der Waals surface area contributed by atoms with Crippen LogP contribution in [0.15, 0.2) is 29.6 Å². The Morgan fingerprint density at radius 2 is 1.53 bits per heavy atom. The molecule has 2 heterocycles. The number of thiazole rings is 1. The summed E-state index contributed by atoms with van der Waals surface area (Å²) in [6.45, 7) is 10.4. The van der Waals surface area contributed by atoms with E-state index in [9.17, 15) is 24.0 Å². The van der Waals surface area contributed by atoms with Gasteiger partial charge in [-0.05, 0) is 71.4 Å². The van der Waals surface area contributed by atoms with Gasteiger partial charge in [0.2, 0.25) is 17.6 Å². The second-order valence-electron chi connectivity index (χ2n) is 15.7. The summed E-state index contributed by atoms with van der Waals surface area (Å²) in [5, 5.41) is 14.0. The summed E-state index contributed by atoms with van der Waals surface area (Å²) >= 11 is 1.35. The first-order chi connectivity index (χ1) is 28.2. The van der Waals surface area contributed by atoms with Gasteiger partial charge >= 0.3 is 12.1 Å². The molecule has 0 unspecified atom stereocenters. The molecule has 16 nitrogen and oxygen atoms in total. The van der Waals surface area contributed by atoms with E-state index in [-0.39, 0.29) is 49.0 Å². The van der Waals surface area contributed by atoms with Gasteiger partial charge in [0, 0.05) is 24.5 Å². The van der Waals surface area contributed by atoms with Gasteiger partial charge in [0.05, 0.1) is 65.3 Å². The number of likely N-dealkylation sites (N-methyl/N-ethyl adjacent to an activating group) is 1. The number of benzene rings is 1. The van der Waals surface area contributed by atoms with E-state index in [4.69, 9.17) is 38.5 Å². The van der Waals surface area contributed by atoms with Crippen LogP contribution in [0.5, 0.6) is 5.75 Å². The Bertz CT molecular complexity index is 1660. The average molecular weight is 847 g/mol. The number of carboxylic acid groups (broad SMARTS) is 1. The average Bonchev–Trinajstić information content (AvgIpc) is 3.91. The van der Waals surface area contributed by atoms with Crippen molar-refractivity contribution in [2.75, 3.05) is 73.1 Å². The molecular weight excluding hydrogens is 785 g/mol. The number of likely N-dealkylation sites (tertiary alicyclic amines) is 1. The SMILES string of the molecule is C[C@@H](C(=O)N[C@H](C(=O)N1CCC[C@H]1c1nc(C(=O)c2cccc(OCCOCCOCCOCCOCCC(=O)O)c2)cs1)C1CCCCC1)N(C)C(=O)OC(C)(C)C. The maximum absolute atomic E-state index is 14.4. The molecule has 1 aliphatic heterocycles. The second-order valence-corrected chi connectivity index (χ2v) is 16.6. The van der Waals surface area contributed by atoms with Crippen molar-refractivity contribution in [2.24, 2.45) is 5.92 Å². The molecule has 4 rings (SSSR count). The highest BCUT2D eigenvalue weighted by Gasteiger charge is 2.41. The van der Waals surface area contributed by atoms with Crippen LogP contribution in [0, 0.1) is 5.92 Å². The lowest BCUT2D eigenvalue weighted by atomic mass is 9.83. The summed E-state index contributed by atoms with van der Waals surface area (Å²) in [5.41, 5.74) is -0.00655. The standard InChI is InChI=1S/C42H62N4O12S/c1-29(45(5)41(52)58-42(2,3)4)38(50)44-36(30-11-7-6-8-12-30)40(51)46-17-10-15-34(46)39-43-33(28-59-39)37(49)31-13-9-14-32(27-31)57-26-25-56-24-23-55-22-21-54-20-19-53-18-16-35(47)48/h9,13-14,27-30,34,36H,6-8,10-12,15-26H2,1-5H3,(H,44,50)(H,47,48)/t29-,34-,36-/m0/s1. The Morgan fingerprint density at radius 3 is 2.15 bits per heavy atom. The van der Waals surface area contributed by atoms with Crippen LogP contribution in [0.4, 0.5) is 4.79 Å². The molecule has 17 heteroatoms. The second kappa shape index (κ2) is 24.2. The number of aliphatic carboxylic acids is 1. The van der Waals surface area contributed by atoms with Gasteiger partial charge in [-0.1, -0.05) is 31.4 Å². The van der Waals surface area contributed by atoms with Gasteiger partial charge in [-0.3, -0.25) is 24.1 Å². The number of amides is 3. The Labute approximate surface area is 351 Å². The minimum absolute atomic E-state index is 0.0298. The van der Waals surface area contributed by atoms with Gasteiger partial charge < -0.3 is 43.7 Å². The highest BCUT2D eigenvalue weighted by Crippen LogP contribution is 2.37. The fourth-order valence-corrected chi connectivity index (χ4v) is 7.76. The zero-order valence-electron chi connectivity index (χ0n) is 35.1. The van der Waals surface area contributed by atoms with Crippen molar-refractivity contribution in [1.82, 2.24) is 20.1 Å². The quantitative estimate of drug-likeness (QED) is 0.103. The number of carbonyl (C=O) groups excluding carboxylic acids is 4. The first kappa shape index (κ1) is 47.5. The van der Waals surface area contributed by atoms with Gasteiger partial charge in [0.15, 0.2) is 0 Å². The predicted molar refractivity (Wildman–Crippen MR) is 219 cm³/mol. The van der Waals surface area contributed by atoms with Crippen molar-refractivity contribution >= 4 is 41.0 Å². The van der Waals surface area contributed by atoms with E-state index in [1.165, 1.54) is 23.3 Å². The van der Waals surface area contributed by atoms with Crippen molar-refractivity contribution in [1.29, 1.82) is 0 Å². The fourth-order valence-electron chi connectivity index (χ4n) is 6.82. The highest BCUT2D eigenvalue weighted by molar-refractivity contribution is 7.10. The molecule has 1 saturated heterocycles. The zero-order valence-corrected chi connectivity index (χ0v) is 35.9. The third-order valence-electron chi connectivity index (χ3n) is 10.1. The Morgan fingerprint density at radius 1 is 0.898 bits per heavy atom. The molecule has 1 saturated carbocycles. The predicted octanol–water partition coefficient (Wildman–Crippen LogP) is 5.28. The molecule has 0 radical (unpaired) electrons. The molecule has 3 amide bonds. The molecule has 0 spiro atoms. The number of hydrogen-bond donors (Lipinski definition) is 2. The monoisotopic (exact) mass is 846 g/mol. The lowest BCUT2D eigenvalue weighted by Crippen LogP contribution is -2.56. The first-order valence-corrected chi connectivity index (χ1v) is 21.5. The Kier molecular flexibility index (Phi) is 19.5. The van der Waals surface area contributed by atoms with Crippen LogP contribution >= 0.6 is 11.3 Å². The van der Waals surface area contributed by atoms with Gasteiger partial charge in [-0.25, -0.2) is 9.78 Å². The normalized spacial score (nSPS) is 17.0. The topological polar surface area (TPSA) is 192 Å². The minimum Gasteiger partial charge on any atom is -0.491 e. The third kappa shape index (κ3) is 15.8. The lowest BCUT2D eigenvalue weighted by Gasteiger charge is -2.36. The molecule has 1 aromatic carbocycles. The summed E-state index contributed by atoms with van der Waals surface area (Å²) in [4.78, 5) is 72.5. The highest BCUT2D eigenvalue weighted by atomic mass is 32.1. The zero-order chi connectivity index (χ0) is 42.8. The van der Waals surface area contributed by atoms with E-state index < -0.39 is 35.7 Å². The van der Waals surface area contributed by atoms with Gasteiger partial charge in [-0.2, -0.15) is 0 Å². The summed E-state index contributed by atoms with van der Waals surface area (Å²) in [6, 6.07) is 4.97. The van der Waals surface area contributed by atoms with Crippen molar-refractivity contribution in [2.45, 2.75) is 103 Å². The van der Waals surface area contributed by atoms with Gasteiger partial charge in [-0.15, -0.1) is 11.3 Å². The number of carboxylic acids is 1. The van der Waals surface area contributed by atoms with E-state index in [0.29, 0.717) is 75.5 Å². The molecule has 2 fully saturated rings. The molecule has 2 N–H and O–H groups in total. The number of ether oxygens (including phenoxy) is 6. The van der Waals surface area contributed by atoms with Crippen LogP contribution in [0.1, 0.15) is 106 Å². The molecule has 328 valence electrons. The van der Waals surface area contributed by atoms with E-state index in [1.807, 2.05) is 0 Å². The molecular formula is C42H62N4O12S. The lowest BCUT2D eigenvalue weighted by molar-refractivity contribution is -0.140. The molecule has 3 atom stereocenters. The number of carbonyl (C=O) groups is 5. The van der Waals surface area contributed by atoms with E-state index >= 15 is 0 Å². The first-order valence-electron chi connectivity index (χ1n) is 20.6. The Hall–Kier alpha value is -4.16. The van der Waals surface area contributed by atoms with Crippen LogP contribution in [0.25, 0.3) is 0 Å². The smallest absolute Gasteiger partial charge is 0.410 e. The summed E-state index contributed by atoms with van der Waals surface area (Å²) < 4.78 is 32.9. The van der Waals surface area contributed by atoms with E-state index in [2.05, 4.69) is 5.32 Å². The Balaban J connectivity index is 1.25. The maximum Gasteiger partial charge on any atom is 0.410 e. The maximum atomic E-state index is 14.4. The van der Waals surface area contributed by atoms with Crippen LogP contribution in [0.3, 0.4) is 0 Å². The molecule has 2 aromatic rings. The van der Waals surface area contributed by atoms with Gasteiger partial charge in [0.1, 0.15) is 40.7 Å². The minimum atomic E-state index is -0.897. The molecule has 59 heavy (non-hydrogen) atoms. The van der Waals surface area contributed by atoms with Gasteiger partial charge in [0.25, 0.3) is 0 Å². The van der Waals surface area contributed by atoms with Crippen LogP contribution in [0.2, 0.25) is 0 Å². The molecule has 0 bridgehead atoms. The van der Waals surface area contributed by atoms with Crippen LogP contribution in [-0.4, -0.2) is 140 Å². The fraction of sp³-hybridized carbons (Fsp3) is 0.667. The summed E-state index contributed by atoms with van der Waals surface area (Å²) in [6.07, 6.45) is 5.49. The van der Waals surface area contributed by atoms with Crippen LogP contribution in [-0.2, 0) is 38.1 Å². The number of nitrogens with one attached hydrogen (secondary N) is 1.